The first-order valence-electron chi connectivity index (χ1n) is 7.24. The van der Waals surface area contributed by atoms with Crippen LogP contribution in [0.4, 0.5) is 0 Å². The lowest BCUT2D eigenvalue weighted by molar-refractivity contribution is 0.319. The molecule has 112 valence electrons. The predicted molar refractivity (Wildman–Crippen MR) is 81.7 cm³/mol. The van der Waals surface area contributed by atoms with Gasteiger partial charge in [0.1, 0.15) is 0 Å². The Morgan fingerprint density at radius 2 is 1.86 bits per heavy atom. The van der Waals surface area contributed by atoms with Gasteiger partial charge in [-0.25, -0.2) is 4.98 Å². The zero-order valence-electron chi connectivity index (χ0n) is 12.5. The molecule has 0 fully saturated rings. The van der Waals surface area contributed by atoms with E-state index in [1.54, 1.807) is 12.4 Å². The molecule has 1 N–H and O–H groups in total. The molecule has 0 amide bonds. The van der Waals surface area contributed by atoms with Crippen LogP contribution in [0.15, 0.2) is 36.7 Å². The van der Waals surface area contributed by atoms with E-state index in [-0.39, 0.29) is 0 Å². The molecule has 5 heteroatoms. The highest BCUT2D eigenvalue weighted by molar-refractivity contribution is 5.41. The number of rotatable bonds is 8. The highest BCUT2D eigenvalue weighted by Crippen LogP contribution is 2.29. The summed E-state index contributed by atoms with van der Waals surface area (Å²) in [7, 11) is 0. The van der Waals surface area contributed by atoms with Crippen LogP contribution in [0.2, 0.25) is 0 Å². The van der Waals surface area contributed by atoms with Crippen molar-refractivity contribution in [2.24, 2.45) is 0 Å². The van der Waals surface area contributed by atoms with Crippen LogP contribution < -0.4 is 14.8 Å². The number of aromatic nitrogens is 2. The summed E-state index contributed by atoms with van der Waals surface area (Å²) in [6.07, 6.45) is 4.45. The maximum absolute atomic E-state index is 5.72. The highest BCUT2D eigenvalue weighted by Gasteiger charge is 2.06. The third-order valence-corrected chi connectivity index (χ3v) is 2.78. The van der Waals surface area contributed by atoms with Crippen LogP contribution in [0.5, 0.6) is 17.4 Å². The number of para-hydroxylation sites is 2. The van der Waals surface area contributed by atoms with Crippen LogP contribution in [-0.4, -0.2) is 23.1 Å². The zero-order valence-corrected chi connectivity index (χ0v) is 12.5. The summed E-state index contributed by atoms with van der Waals surface area (Å²) in [4.78, 5) is 8.61. The topological polar surface area (TPSA) is 56.3 Å². The number of nitrogens with one attached hydrogen (secondary N) is 1. The van der Waals surface area contributed by atoms with Gasteiger partial charge < -0.3 is 14.8 Å². The second kappa shape index (κ2) is 8.21. The maximum atomic E-state index is 5.72. The lowest BCUT2D eigenvalue weighted by atomic mass is 10.3. The molecule has 2 aromatic rings. The fourth-order valence-electron chi connectivity index (χ4n) is 1.80. The zero-order chi connectivity index (χ0) is 14.9. The van der Waals surface area contributed by atoms with E-state index in [4.69, 9.17) is 9.47 Å². The molecule has 0 radical (unpaired) electrons. The second-order valence-electron chi connectivity index (χ2n) is 4.50. The Labute approximate surface area is 125 Å². The van der Waals surface area contributed by atoms with Crippen LogP contribution in [0.25, 0.3) is 0 Å². The van der Waals surface area contributed by atoms with Gasteiger partial charge in [-0.05, 0) is 32.0 Å². The van der Waals surface area contributed by atoms with E-state index in [2.05, 4.69) is 22.2 Å². The summed E-state index contributed by atoms with van der Waals surface area (Å²) in [5.74, 6) is 1.81. The van der Waals surface area contributed by atoms with E-state index >= 15 is 0 Å². The van der Waals surface area contributed by atoms with Gasteiger partial charge in [0.05, 0.1) is 24.7 Å². The summed E-state index contributed by atoms with van der Waals surface area (Å²) in [5, 5.41) is 3.28. The quantitative estimate of drug-likeness (QED) is 0.756. The normalized spacial score (nSPS) is 10.4. The van der Waals surface area contributed by atoms with Crippen molar-refractivity contribution < 1.29 is 9.47 Å². The number of ether oxygens (including phenoxy) is 2. The standard InChI is InChI=1S/C16H21N3O2/c1-3-9-17-10-13-11-19-16(12-18-13)21-15-8-6-5-7-14(15)20-4-2/h5-8,11-12,17H,3-4,9-10H2,1-2H3. The van der Waals surface area contributed by atoms with Gasteiger partial charge in [-0.1, -0.05) is 19.1 Å². The van der Waals surface area contributed by atoms with Crippen LogP contribution in [0.3, 0.4) is 0 Å². The number of hydrogen-bond acceptors (Lipinski definition) is 5. The van der Waals surface area contributed by atoms with Crippen LogP contribution >= 0.6 is 0 Å². The lowest BCUT2D eigenvalue weighted by Gasteiger charge is -2.10. The monoisotopic (exact) mass is 287 g/mol. The molecule has 0 saturated heterocycles. The number of hydrogen-bond donors (Lipinski definition) is 1. The van der Waals surface area contributed by atoms with Gasteiger partial charge in [-0.2, -0.15) is 0 Å². The second-order valence-corrected chi connectivity index (χ2v) is 4.50. The Kier molecular flexibility index (Phi) is 5.97. The maximum Gasteiger partial charge on any atom is 0.238 e. The van der Waals surface area contributed by atoms with Crippen molar-refractivity contribution in [3.8, 4) is 17.4 Å². The molecule has 1 aromatic heterocycles. The SMILES string of the molecule is CCCNCc1cnc(Oc2ccccc2OCC)cn1. The molecule has 0 aliphatic carbocycles. The molecular weight excluding hydrogens is 266 g/mol. The molecule has 0 spiro atoms. The molecule has 1 heterocycles. The molecule has 0 atom stereocenters. The van der Waals surface area contributed by atoms with Crippen molar-refractivity contribution >= 4 is 0 Å². The average molecular weight is 287 g/mol. The first-order valence-corrected chi connectivity index (χ1v) is 7.24. The Balaban J connectivity index is 2.00. The van der Waals surface area contributed by atoms with Crippen LogP contribution in [-0.2, 0) is 6.54 Å². The fraction of sp³-hybridized carbons (Fsp3) is 0.375. The van der Waals surface area contributed by atoms with Crippen molar-refractivity contribution in [3.63, 3.8) is 0 Å². The molecular formula is C16H21N3O2. The summed E-state index contributed by atoms with van der Waals surface area (Å²) in [6.45, 7) is 6.35. The fourth-order valence-corrected chi connectivity index (χ4v) is 1.80. The van der Waals surface area contributed by atoms with E-state index in [1.807, 2.05) is 31.2 Å². The Bertz CT molecular complexity index is 543. The van der Waals surface area contributed by atoms with Crippen LogP contribution in [0, 0.1) is 0 Å². The third-order valence-electron chi connectivity index (χ3n) is 2.78. The van der Waals surface area contributed by atoms with Crippen molar-refractivity contribution in [2.75, 3.05) is 13.2 Å². The largest absolute Gasteiger partial charge is 0.490 e. The minimum atomic E-state index is 0.460. The van der Waals surface area contributed by atoms with E-state index in [0.717, 1.165) is 25.2 Å². The van der Waals surface area contributed by atoms with Crippen molar-refractivity contribution in [1.82, 2.24) is 15.3 Å². The minimum absolute atomic E-state index is 0.460. The van der Waals surface area contributed by atoms with Gasteiger partial charge in [-0.15, -0.1) is 0 Å². The van der Waals surface area contributed by atoms with Gasteiger partial charge in [-0.3, -0.25) is 4.98 Å². The first-order chi connectivity index (χ1) is 10.3. The minimum Gasteiger partial charge on any atom is -0.490 e. The summed E-state index contributed by atoms with van der Waals surface area (Å²) in [5.41, 5.74) is 0.897. The van der Waals surface area contributed by atoms with Crippen molar-refractivity contribution in [2.45, 2.75) is 26.8 Å². The smallest absolute Gasteiger partial charge is 0.238 e. The Hall–Kier alpha value is -2.14. The molecule has 0 aliphatic heterocycles. The van der Waals surface area contributed by atoms with E-state index in [9.17, 15) is 0 Å². The van der Waals surface area contributed by atoms with Gasteiger partial charge in [0, 0.05) is 6.54 Å². The first kappa shape index (κ1) is 15.3. The molecule has 0 unspecified atom stereocenters. The Morgan fingerprint density at radius 1 is 1.05 bits per heavy atom. The number of nitrogens with zero attached hydrogens (tertiary/aromatic N) is 2. The van der Waals surface area contributed by atoms with E-state index in [0.29, 0.717) is 24.0 Å². The summed E-state index contributed by atoms with van der Waals surface area (Å²) in [6, 6.07) is 7.53. The van der Waals surface area contributed by atoms with Gasteiger partial charge in [0.15, 0.2) is 11.5 Å². The van der Waals surface area contributed by atoms with E-state index in [1.165, 1.54) is 0 Å². The lowest BCUT2D eigenvalue weighted by Crippen LogP contribution is -2.14. The van der Waals surface area contributed by atoms with Crippen molar-refractivity contribution in [3.05, 3.63) is 42.4 Å². The predicted octanol–water partition coefficient (Wildman–Crippen LogP) is 3.17. The van der Waals surface area contributed by atoms with Gasteiger partial charge in [0.25, 0.3) is 0 Å². The van der Waals surface area contributed by atoms with E-state index < -0.39 is 0 Å². The van der Waals surface area contributed by atoms with Crippen LogP contribution in [0.1, 0.15) is 26.0 Å². The molecule has 2 rings (SSSR count). The van der Waals surface area contributed by atoms with Crippen molar-refractivity contribution in [1.29, 1.82) is 0 Å². The van der Waals surface area contributed by atoms with Gasteiger partial charge in [0.2, 0.25) is 5.88 Å². The highest BCUT2D eigenvalue weighted by atomic mass is 16.5. The average Bonchev–Trinajstić information content (AvgIpc) is 2.51. The summed E-state index contributed by atoms with van der Waals surface area (Å²) < 4.78 is 11.2. The Morgan fingerprint density at radius 3 is 2.52 bits per heavy atom. The molecule has 21 heavy (non-hydrogen) atoms. The molecule has 0 bridgehead atoms. The molecule has 0 saturated carbocycles. The summed E-state index contributed by atoms with van der Waals surface area (Å²) >= 11 is 0. The van der Waals surface area contributed by atoms with Gasteiger partial charge >= 0.3 is 0 Å². The molecule has 5 nitrogen and oxygen atoms in total. The number of benzene rings is 1. The molecule has 0 aliphatic rings. The molecule has 1 aromatic carbocycles. The third kappa shape index (κ3) is 4.72.